The minimum absolute atomic E-state index is 0.161. The van der Waals surface area contributed by atoms with Crippen molar-refractivity contribution in [2.75, 3.05) is 0 Å². The van der Waals surface area contributed by atoms with E-state index in [1.54, 1.807) is 24.3 Å². The zero-order valence-corrected chi connectivity index (χ0v) is 11.4. The monoisotopic (exact) mass is 298 g/mol. The number of benzene rings is 1. The number of carbonyl (C=O) groups excluding carboxylic acids is 2. The smallest absolute Gasteiger partial charge is 0.303 e. The summed E-state index contributed by atoms with van der Waals surface area (Å²) in [7, 11) is 0. The van der Waals surface area contributed by atoms with Gasteiger partial charge in [-0.05, 0) is 11.6 Å². The Morgan fingerprint density at radius 2 is 1.90 bits per heavy atom. The van der Waals surface area contributed by atoms with Crippen molar-refractivity contribution in [1.82, 2.24) is 5.32 Å². The molecule has 1 rings (SSSR count). The predicted molar refractivity (Wildman–Crippen MR) is 73.2 cm³/mol. The van der Waals surface area contributed by atoms with Crippen molar-refractivity contribution in [3.05, 3.63) is 34.9 Å². The van der Waals surface area contributed by atoms with Crippen LogP contribution in [0.3, 0.4) is 0 Å². The number of halogens is 1. The van der Waals surface area contributed by atoms with Crippen LogP contribution < -0.4 is 11.1 Å². The molecule has 0 unspecified atom stereocenters. The van der Waals surface area contributed by atoms with Crippen LogP contribution in [0.15, 0.2) is 24.3 Å². The Labute approximate surface area is 120 Å². The molecule has 108 valence electrons. The SMILES string of the molecule is NC(=O)[C@H](Cc1ccccc1Cl)NC(=O)CCC(=O)O. The third-order valence-corrected chi connectivity index (χ3v) is 3.00. The van der Waals surface area contributed by atoms with E-state index in [-0.39, 0.29) is 19.3 Å². The van der Waals surface area contributed by atoms with Gasteiger partial charge in [-0.3, -0.25) is 14.4 Å². The van der Waals surface area contributed by atoms with E-state index in [4.69, 9.17) is 22.4 Å². The van der Waals surface area contributed by atoms with E-state index in [1.807, 2.05) is 0 Å². The minimum atomic E-state index is -1.08. The first-order valence-corrected chi connectivity index (χ1v) is 6.32. The second-order valence-corrected chi connectivity index (χ2v) is 4.62. The number of primary amides is 1. The maximum absolute atomic E-state index is 11.5. The zero-order valence-electron chi connectivity index (χ0n) is 10.6. The molecule has 2 amide bonds. The van der Waals surface area contributed by atoms with Crippen molar-refractivity contribution in [3.63, 3.8) is 0 Å². The fourth-order valence-electron chi connectivity index (χ4n) is 1.59. The lowest BCUT2D eigenvalue weighted by Crippen LogP contribution is -2.45. The van der Waals surface area contributed by atoms with Crippen LogP contribution in [0.4, 0.5) is 0 Å². The largest absolute Gasteiger partial charge is 0.481 e. The van der Waals surface area contributed by atoms with Crippen molar-refractivity contribution >= 4 is 29.4 Å². The lowest BCUT2D eigenvalue weighted by atomic mass is 10.1. The topological polar surface area (TPSA) is 109 Å². The zero-order chi connectivity index (χ0) is 15.1. The Balaban J connectivity index is 2.66. The second kappa shape index (κ2) is 7.49. The number of rotatable bonds is 7. The van der Waals surface area contributed by atoms with Crippen molar-refractivity contribution in [2.24, 2.45) is 5.73 Å². The van der Waals surface area contributed by atoms with Crippen molar-refractivity contribution in [3.8, 4) is 0 Å². The van der Waals surface area contributed by atoms with Crippen molar-refractivity contribution in [2.45, 2.75) is 25.3 Å². The standard InChI is InChI=1S/C13H15ClN2O4/c14-9-4-2-1-3-8(9)7-10(13(15)20)16-11(17)5-6-12(18)19/h1-4,10H,5-7H2,(H2,15,20)(H,16,17)(H,18,19)/t10-/m0/s1. The molecule has 1 aromatic rings. The average molecular weight is 299 g/mol. The Hall–Kier alpha value is -2.08. The van der Waals surface area contributed by atoms with Crippen LogP contribution in [0.2, 0.25) is 5.02 Å². The van der Waals surface area contributed by atoms with E-state index in [9.17, 15) is 14.4 Å². The van der Waals surface area contributed by atoms with Crippen molar-refractivity contribution in [1.29, 1.82) is 0 Å². The number of amides is 2. The summed E-state index contributed by atoms with van der Waals surface area (Å²) < 4.78 is 0. The molecule has 0 bridgehead atoms. The molecule has 0 heterocycles. The summed E-state index contributed by atoms with van der Waals surface area (Å²) in [6.45, 7) is 0. The number of carboxylic acid groups (broad SMARTS) is 1. The highest BCUT2D eigenvalue weighted by Crippen LogP contribution is 2.16. The number of carboxylic acids is 1. The summed E-state index contributed by atoms with van der Waals surface area (Å²) in [6, 6.07) is 5.97. The molecule has 4 N–H and O–H groups in total. The van der Waals surface area contributed by atoms with Crippen LogP contribution in [-0.4, -0.2) is 28.9 Å². The molecule has 0 spiro atoms. The van der Waals surface area contributed by atoms with Crippen LogP contribution in [0.25, 0.3) is 0 Å². The Morgan fingerprint density at radius 1 is 1.25 bits per heavy atom. The van der Waals surface area contributed by atoms with E-state index in [1.165, 1.54) is 0 Å². The molecular weight excluding hydrogens is 284 g/mol. The van der Waals surface area contributed by atoms with Gasteiger partial charge in [0.05, 0.1) is 6.42 Å². The van der Waals surface area contributed by atoms with Crippen LogP contribution in [-0.2, 0) is 20.8 Å². The van der Waals surface area contributed by atoms with Gasteiger partial charge in [-0.1, -0.05) is 29.8 Å². The molecule has 1 aromatic carbocycles. The molecule has 0 aliphatic heterocycles. The fraction of sp³-hybridized carbons (Fsp3) is 0.308. The molecule has 0 aliphatic rings. The maximum atomic E-state index is 11.5. The molecule has 20 heavy (non-hydrogen) atoms. The highest BCUT2D eigenvalue weighted by atomic mass is 35.5. The first-order chi connectivity index (χ1) is 9.40. The normalized spacial score (nSPS) is 11.7. The molecule has 7 heteroatoms. The first-order valence-electron chi connectivity index (χ1n) is 5.94. The fourth-order valence-corrected chi connectivity index (χ4v) is 1.81. The Kier molecular flexibility index (Phi) is 5.99. The quantitative estimate of drug-likeness (QED) is 0.689. The summed E-state index contributed by atoms with van der Waals surface area (Å²) in [5, 5.41) is 11.4. The van der Waals surface area contributed by atoms with Crippen LogP contribution in [0.1, 0.15) is 18.4 Å². The van der Waals surface area contributed by atoms with Crippen molar-refractivity contribution < 1.29 is 19.5 Å². The Bertz CT molecular complexity index is 519. The number of hydrogen-bond donors (Lipinski definition) is 3. The molecule has 0 radical (unpaired) electrons. The predicted octanol–water partition coefficient (Wildman–Crippen LogP) is 0.717. The number of hydrogen-bond acceptors (Lipinski definition) is 3. The lowest BCUT2D eigenvalue weighted by molar-refractivity contribution is -0.139. The van der Waals surface area contributed by atoms with Gasteiger partial charge < -0.3 is 16.2 Å². The van der Waals surface area contributed by atoms with Gasteiger partial charge in [0.2, 0.25) is 11.8 Å². The van der Waals surface area contributed by atoms with Crippen LogP contribution in [0, 0.1) is 0 Å². The average Bonchev–Trinajstić information content (AvgIpc) is 2.38. The van der Waals surface area contributed by atoms with Gasteiger partial charge >= 0.3 is 5.97 Å². The molecule has 0 aromatic heterocycles. The number of carbonyl (C=O) groups is 3. The van der Waals surface area contributed by atoms with E-state index < -0.39 is 23.8 Å². The summed E-state index contributed by atoms with van der Waals surface area (Å²) in [4.78, 5) is 33.2. The van der Waals surface area contributed by atoms with Gasteiger partial charge in [0.15, 0.2) is 0 Å². The van der Waals surface area contributed by atoms with E-state index in [0.717, 1.165) is 0 Å². The van der Waals surface area contributed by atoms with Crippen LogP contribution in [0.5, 0.6) is 0 Å². The molecule has 1 atom stereocenters. The molecule has 0 saturated heterocycles. The Morgan fingerprint density at radius 3 is 2.45 bits per heavy atom. The maximum Gasteiger partial charge on any atom is 0.303 e. The minimum Gasteiger partial charge on any atom is -0.481 e. The van der Waals surface area contributed by atoms with E-state index >= 15 is 0 Å². The van der Waals surface area contributed by atoms with E-state index in [0.29, 0.717) is 10.6 Å². The third kappa shape index (κ3) is 5.27. The molecular formula is C13H15ClN2O4. The first kappa shape index (κ1) is 16.0. The van der Waals surface area contributed by atoms with Gasteiger partial charge in [0.25, 0.3) is 0 Å². The molecule has 0 saturated carbocycles. The highest BCUT2D eigenvalue weighted by Gasteiger charge is 2.19. The van der Waals surface area contributed by atoms with E-state index in [2.05, 4.69) is 5.32 Å². The molecule has 6 nitrogen and oxygen atoms in total. The summed E-state index contributed by atoms with van der Waals surface area (Å²) in [5.74, 6) is -2.32. The van der Waals surface area contributed by atoms with Gasteiger partial charge in [0.1, 0.15) is 6.04 Å². The van der Waals surface area contributed by atoms with Gasteiger partial charge in [0, 0.05) is 17.9 Å². The molecule has 0 fully saturated rings. The summed E-state index contributed by atoms with van der Waals surface area (Å²) >= 11 is 5.97. The second-order valence-electron chi connectivity index (χ2n) is 4.21. The van der Waals surface area contributed by atoms with Crippen LogP contribution >= 0.6 is 11.6 Å². The van der Waals surface area contributed by atoms with Gasteiger partial charge in [-0.15, -0.1) is 0 Å². The number of nitrogens with one attached hydrogen (secondary N) is 1. The van der Waals surface area contributed by atoms with Gasteiger partial charge in [-0.25, -0.2) is 0 Å². The number of aliphatic carboxylic acids is 1. The third-order valence-electron chi connectivity index (χ3n) is 2.63. The summed E-state index contributed by atoms with van der Waals surface area (Å²) in [6.07, 6.45) is -0.348. The summed E-state index contributed by atoms with van der Waals surface area (Å²) in [5.41, 5.74) is 5.90. The number of nitrogens with two attached hydrogens (primary N) is 1. The lowest BCUT2D eigenvalue weighted by Gasteiger charge is -2.16. The molecule has 0 aliphatic carbocycles. The van der Waals surface area contributed by atoms with Gasteiger partial charge in [-0.2, -0.15) is 0 Å². The highest BCUT2D eigenvalue weighted by molar-refractivity contribution is 6.31.